The van der Waals surface area contributed by atoms with Crippen LogP contribution in [0.1, 0.15) is 37.3 Å². The van der Waals surface area contributed by atoms with Gasteiger partial charge in [-0.25, -0.2) is 0 Å². The third-order valence-corrected chi connectivity index (χ3v) is 4.21. The number of ether oxygens (including phenoxy) is 1. The molecule has 2 unspecified atom stereocenters. The van der Waals surface area contributed by atoms with Crippen LogP contribution in [0.15, 0.2) is 24.3 Å². The fourth-order valence-corrected chi connectivity index (χ4v) is 3.13. The SMILES string of the molecule is NC1c2ccccc2OCC1N1CCCCCC1. The van der Waals surface area contributed by atoms with E-state index in [9.17, 15) is 0 Å². The van der Waals surface area contributed by atoms with Crippen molar-refractivity contribution in [2.45, 2.75) is 37.8 Å². The van der Waals surface area contributed by atoms with Gasteiger partial charge in [0.05, 0.1) is 12.1 Å². The summed E-state index contributed by atoms with van der Waals surface area (Å²) in [5.41, 5.74) is 7.62. The summed E-state index contributed by atoms with van der Waals surface area (Å²) >= 11 is 0. The average Bonchev–Trinajstić information content (AvgIpc) is 2.68. The lowest BCUT2D eigenvalue weighted by molar-refractivity contribution is 0.101. The Balaban J connectivity index is 1.78. The van der Waals surface area contributed by atoms with Crippen molar-refractivity contribution in [3.05, 3.63) is 29.8 Å². The van der Waals surface area contributed by atoms with Crippen molar-refractivity contribution in [1.82, 2.24) is 4.90 Å². The fourth-order valence-electron chi connectivity index (χ4n) is 3.13. The van der Waals surface area contributed by atoms with Gasteiger partial charge in [-0.1, -0.05) is 31.0 Å². The van der Waals surface area contributed by atoms with E-state index in [4.69, 9.17) is 10.5 Å². The molecule has 2 atom stereocenters. The molecule has 0 amide bonds. The standard InChI is InChI=1S/C15H22N2O/c16-15-12-7-3-4-8-14(12)18-11-13(15)17-9-5-1-2-6-10-17/h3-4,7-8,13,15H,1-2,5-6,9-11,16H2. The van der Waals surface area contributed by atoms with Crippen LogP contribution in [0.5, 0.6) is 5.75 Å². The normalized spacial score (nSPS) is 29.2. The van der Waals surface area contributed by atoms with Gasteiger partial charge in [0.25, 0.3) is 0 Å². The molecule has 1 aromatic rings. The number of rotatable bonds is 1. The van der Waals surface area contributed by atoms with E-state index in [0.717, 1.165) is 17.9 Å². The lowest BCUT2D eigenvalue weighted by Crippen LogP contribution is -2.49. The van der Waals surface area contributed by atoms with Crippen LogP contribution >= 0.6 is 0 Å². The molecule has 0 aromatic heterocycles. The fraction of sp³-hybridized carbons (Fsp3) is 0.600. The number of benzene rings is 1. The van der Waals surface area contributed by atoms with Crippen molar-refractivity contribution >= 4 is 0 Å². The summed E-state index contributed by atoms with van der Waals surface area (Å²) in [6, 6.07) is 8.62. The minimum atomic E-state index is 0.0908. The lowest BCUT2D eigenvalue weighted by Gasteiger charge is -2.38. The molecule has 0 radical (unpaired) electrons. The van der Waals surface area contributed by atoms with Gasteiger partial charge in [0.2, 0.25) is 0 Å². The summed E-state index contributed by atoms with van der Waals surface area (Å²) in [6.07, 6.45) is 5.31. The first-order valence-electron chi connectivity index (χ1n) is 7.07. The Kier molecular flexibility index (Phi) is 3.52. The number of hydrogen-bond donors (Lipinski definition) is 1. The zero-order chi connectivity index (χ0) is 12.4. The second kappa shape index (κ2) is 5.29. The van der Waals surface area contributed by atoms with Crippen LogP contribution in [0, 0.1) is 0 Å². The summed E-state index contributed by atoms with van der Waals surface area (Å²) in [5.74, 6) is 0.969. The van der Waals surface area contributed by atoms with E-state index in [0.29, 0.717) is 6.04 Å². The maximum absolute atomic E-state index is 6.45. The molecule has 2 aliphatic rings. The van der Waals surface area contributed by atoms with Crippen LogP contribution in [-0.4, -0.2) is 30.6 Å². The molecule has 2 N–H and O–H groups in total. The van der Waals surface area contributed by atoms with E-state index in [1.807, 2.05) is 18.2 Å². The highest BCUT2D eigenvalue weighted by molar-refractivity contribution is 5.38. The molecule has 2 heterocycles. The quantitative estimate of drug-likeness (QED) is 0.826. The van der Waals surface area contributed by atoms with Crippen LogP contribution in [0.4, 0.5) is 0 Å². The molecule has 2 aliphatic heterocycles. The number of hydrogen-bond acceptors (Lipinski definition) is 3. The highest BCUT2D eigenvalue weighted by Crippen LogP contribution is 2.33. The van der Waals surface area contributed by atoms with E-state index < -0.39 is 0 Å². The summed E-state index contributed by atoms with van der Waals surface area (Å²) in [6.45, 7) is 3.08. The van der Waals surface area contributed by atoms with Crippen LogP contribution in [0.2, 0.25) is 0 Å². The van der Waals surface area contributed by atoms with Gasteiger partial charge < -0.3 is 10.5 Å². The minimum absolute atomic E-state index is 0.0908. The van der Waals surface area contributed by atoms with Gasteiger partial charge >= 0.3 is 0 Å². The van der Waals surface area contributed by atoms with Crippen LogP contribution < -0.4 is 10.5 Å². The molecule has 1 fully saturated rings. The zero-order valence-corrected chi connectivity index (χ0v) is 10.8. The van der Waals surface area contributed by atoms with Gasteiger partial charge in [-0.05, 0) is 32.0 Å². The molecule has 18 heavy (non-hydrogen) atoms. The van der Waals surface area contributed by atoms with Crippen molar-refractivity contribution in [3.63, 3.8) is 0 Å². The largest absolute Gasteiger partial charge is 0.492 e. The Hall–Kier alpha value is -1.06. The molecule has 0 saturated carbocycles. The number of fused-ring (bicyclic) bond motifs is 1. The number of nitrogens with zero attached hydrogens (tertiary/aromatic N) is 1. The third-order valence-electron chi connectivity index (χ3n) is 4.21. The van der Waals surface area contributed by atoms with Crippen molar-refractivity contribution < 1.29 is 4.74 Å². The molecule has 98 valence electrons. The van der Waals surface area contributed by atoms with Crippen molar-refractivity contribution in [2.24, 2.45) is 5.73 Å². The molecule has 3 nitrogen and oxygen atoms in total. The van der Waals surface area contributed by atoms with E-state index in [1.165, 1.54) is 38.8 Å². The predicted molar refractivity (Wildman–Crippen MR) is 72.7 cm³/mol. The minimum Gasteiger partial charge on any atom is -0.492 e. The topological polar surface area (TPSA) is 38.5 Å². The van der Waals surface area contributed by atoms with Gasteiger partial charge in [0.15, 0.2) is 0 Å². The maximum atomic E-state index is 6.45. The first-order chi connectivity index (χ1) is 8.86. The summed E-state index contributed by atoms with van der Waals surface area (Å²) in [7, 11) is 0. The monoisotopic (exact) mass is 246 g/mol. The lowest BCUT2D eigenvalue weighted by atomic mass is 9.96. The molecular weight excluding hydrogens is 224 g/mol. The second-order valence-electron chi connectivity index (χ2n) is 5.39. The maximum Gasteiger partial charge on any atom is 0.124 e. The second-order valence-corrected chi connectivity index (χ2v) is 5.39. The molecule has 3 rings (SSSR count). The molecule has 0 aliphatic carbocycles. The molecule has 0 bridgehead atoms. The summed E-state index contributed by atoms with van der Waals surface area (Å²) in [4.78, 5) is 2.54. The Bertz CT molecular complexity index is 399. The first kappa shape index (κ1) is 12.0. The summed E-state index contributed by atoms with van der Waals surface area (Å²) < 4.78 is 5.88. The number of nitrogens with two attached hydrogens (primary N) is 1. The third kappa shape index (κ3) is 2.25. The zero-order valence-electron chi connectivity index (χ0n) is 10.8. The first-order valence-corrected chi connectivity index (χ1v) is 7.07. The van der Waals surface area contributed by atoms with Gasteiger partial charge in [0, 0.05) is 5.56 Å². The smallest absolute Gasteiger partial charge is 0.124 e. The Labute approximate surface area is 109 Å². The molecule has 3 heteroatoms. The number of para-hydroxylation sites is 1. The Morgan fingerprint density at radius 3 is 2.56 bits per heavy atom. The van der Waals surface area contributed by atoms with Crippen molar-refractivity contribution in [3.8, 4) is 5.75 Å². The van der Waals surface area contributed by atoms with E-state index in [-0.39, 0.29) is 6.04 Å². The summed E-state index contributed by atoms with van der Waals surface area (Å²) in [5, 5.41) is 0. The van der Waals surface area contributed by atoms with Gasteiger partial charge in [-0.3, -0.25) is 4.90 Å². The van der Waals surface area contributed by atoms with Crippen molar-refractivity contribution in [1.29, 1.82) is 0 Å². The van der Waals surface area contributed by atoms with Crippen molar-refractivity contribution in [2.75, 3.05) is 19.7 Å². The van der Waals surface area contributed by atoms with Gasteiger partial charge in [-0.2, -0.15) is 0 Å². The van der Waals surface area contributed by atoms with Crippen LogP contribution in [0.25, 0.3) is 0 Å². The average molecular weight is 246 g/mol. The highest BCUT2D eigenvalue weighted by atomic mass is 16.5. The molecule has 0 spiro atoms. The Morgan fingerprint density at radius 1 is 1.06 bits per heavy atom. The van der Waals surface area contributed by atoms with Gasteiger partial charge in [0.1, 0.15) is 12.4 Å². The predicted octanol–water partition coefficient (Wildman–Crippen LogP) is 2.32. The van der Waals surface area contributed by atoms with E-state index >= 15 is 0 Å². The Morgan fingerprint density at radius 2 is 1.78 bits per heavy atom. The van der Waals surface area contributed by atoms with E-state index in [1.54, 1.807) is 0 Å². The van der Waals surface area contributed by atoms with E-state index in [2.05, 4.69) is 11.0 Å². The van der Waals surface area contributed by atoms with Crippen LogP contribution in [-0.2, 0) is 0 Å². The molecule has 1 saturated heterocycles. The van der Waals surface area contributed by atoms with Crippen LogP contribution in [0.3, 0.4) is 0 Å². The highest BCUT2D eigenvalue weighted by Gasteiger charge is 2.32. The molecule has 1 aromatic carbocycles. The molecular formula is C15H22N2O. The number of likely N-dealkylation sites (tertiary alicyclic amines) is 1. The van der Waals surface area contributed by atoms with Gasteiger partial charge in [-0.15, -0.1) is 0 Å².